The zero-order chi connectivity index (χ0) is 35.6. The van der Waals surface area contributed by atoms with Gasteiger partial charge in [-0.1, -0.05) is 54.6 Å². The molecule has 1 unspecified atom stereocenters. The number of nitriles is 1. The lowest BCUT2D eigenvalue weighted by atomic mass is 9.79. The molecule has 0 aliphatic carbocycles. The van der Waals surface area contributed by atoms with Gasteiger partial charge in [-0.05, 0) is 68.7 Å². The summed E-state index contributed by atoms with van der Waals surface area (Å²) in [5.74, 6) is 1.33. The molecule has 3 aromatic carbocycles. The molecule has 4 rings (SSSR count). The van der Waals surface area contributed by atoms with Crippen LogP contribution in [0, 0.1) is 11.3 Å². The van der Waals surface area contributed by atoms with Crippen molar-refractivity contribution in [3.05, 3.63) is 95.6 Å². The van der Waals surface area contributed by atoms with Gasteiger partial charge in [-0.15, -0.1) is 0 Å². The lowest BCUT2D eigenvalue weighted by Crippen LogP contribution is -2.51. The summed E-state index contributed by atoms with van der Waals surface area (Å²) in [6.45, 7) is 10.6. The van der Waals surface area contributed by atoms with E-state index in [2.05, 4.69) is 38.4 Å². The van der Waals surface area contributed by atoms with Gasteiger partial charge in [0.2, 0.25) is 5.91 Å². The predicted octanol–water partition coefficient (Wildman–Crippen LogP) is 6.92. The Morgan fingerprint density at radius 2 is 1.43 bits per heavy atom. The van der Waals surface area contributed by atoms with E-state index in [0.29, 0.717) is 0 Å². The fourth-order valence-electron chi connectivity index (χ4n) is 6.21. The Bertz CT molecular complexity index is 1440. The lowest BCUT2D eigenvalue weighted by Gasteiger charge is -2.42. The van der Waals surface area contributed by atoms with Crippen LogP contribution in [0.15, 0.2) is 78.9 Å². The van der Waals surface area contributed by atoms with Crippen LogP contribution in [0.5, 0.6) is 11.5 Å². The second-order valence-electron chi connectivity index (χ2n) is 12.5. The van der Waals surface area contributed by atoms with E-state index in [1.807, 2.05) is 78.9 Å². The molecule has 0 saturated carbocycles. The number of hydrogen-bond donors (Lipinski definition) is 0. The van der Waals surface area contributed by atoms with Gasteiger partial charge >= 0.3 is 0 Å². The van der Waals surface area contributed by atoms with Gasteiger partial charge < -0.3 is 32.9 Å². The maximum atomic E-state index is 12.9. The molecule has 0 bridgehead atoms. The molecule has 1 aliphatic heterocycles. The number of rotatable bonds is 17. The summed E-state index contributed by atoms with van der Waals surface area (Å²) in [4.78, 5) is 14.5. The fraction of sp³-hybridized carbons (Fsp3) is 0.474. The largest absolute Gasteiger partial charge is 0.497 e. The number of carbonyl (C=O) groups excluding carboxylic acids is 1. The number of carbonyl (C=O) groups is 1. The van der Waals surface area contributed by atoms with Crippen LogP contribution in [0.1, 0.15) is 57.7 Å². The predicted molar refractivity (Wildman–Crippen MR) is 190 cm³/mol. The van der Waals surface area contributed by atoms with E-state index in [0.717, 1.165) is 28.2 Å². The van der Waals surface area contributed by atoms with E-state index in [9.17, 15) is 10.1 Å². The molecule has 11 heteroatoms. The maximum Gasteiger partial charge on any atom is 0.259 e. The molecule has 0 aromatic heterocycles. The Labute approximate surface area is 292 Å². The monoisotopic (exact) mass is 691 g/mol. The first kappa shape index (κ1) is 38.3. The summed E-state index contributed by atoms with van der Waals surface area (Å²) >= 11 is 0. The van der Waals surface area contributed by atoms with Gasteiger partial charge in [0.1, 0.15) is 29.3 Å². The van der Waals surface area contributed by atoms with E-state index in [-0.39, 0.29) is 44.2 Å². The van der Waals surface area contributed by atoms with Crippen molar-refractivity contribution in [3.8, 4) is 17.6 Å². The molecule has 1 heterocycles. The first-order valence-electron chi connectivity index (χ1n) is 16.7. The zero-order valence-corrected chi connectivity index (χ0v) is 30.8. The van der Waals surface area contributed by atoms with Gasteiger partial charge in [0.05, 0.1) is 52.6 Å². The first-order chi connectivity index (χ1) is 23.6. The van der Waals surface area contributed by atoms with Gasteiger partial charge in [-0.2, -0.15) is 5.26 Å². The number of amides is 1. The first-order valence-corrected chi connectivity index (χ1v) is 17.8. The highest BCUT2D eigenvalue weighted by Crippen LogP contribution is 2.48. The Balaban J connectivity index is 1.84. The average Bonchev–Trinajstić information content (AvgIpc) is 3.50. The minimum Gasteiger partial charge on any atom is -0.497 e. The van der Waals surface area contributed by atoms with Gasteiger partial charge in [-0.25, -0.2) is 4.67 Å². The zero-order valence-electron chi connectivity index (χ0n) is 29.9. The third-order valence-electron chi connectivity index (χ3n) is 8.72. The smallest absolute Gasteiger partial charge is 0.259 e. The Hall–Kier alpha value is -3.55. The molecule has 1 saturated heterocycles. The SMILES string of the molecule is COc1ccc(C(O[C@@H]2[C@H](N(C)C(C)=O)CO[C@@H]2COP(OCCC#N)N(C(C)C)C(C)C)(c2ccccc2)c2ccc(OC)cc2)cc1. The number of hydrogen-bond acceptors (Lipinski definition) is 9. The quantitative estimate of drug-likeness (QED) is 0.0848. The van der Waals surface area contributed by atoms with Crippen LogP contribution in [-0.2, 0) is 28.9 Å². The Morgan fingerprint density at radius 3 is 1.90 bits per heavy atom. The molecule has 264 valence electrons. The molecular formula is C38H50N3O7P. The van der Waals surface area contributed by atoms with Crippen molar-refractivity contribution in [2.24, 2.45) is 0 Å². The number of nitrogens with zero attached hydrogens (tertiary/aromatic N) is 3. The molecule has 1 aliphatic rings. The van der Waals surface area contributed by atoms with Crippen LogP contribution in [0.4, 0.5) is 0 Å². The Morgan fingerprint density at radius 1 is 0.898 bits per heavy atom. The van der Waals surface area contributed by atoms with Crippen molar-refractivity contribution in [2.75, 3.05) is 41.1 Å². The Kier molecular flexibility index (Phi) is 14.0. The number of likely N-dealkylation sites (N-methyl/N-ethyl adjacent to an activating group) is 1. The van der Waals surface area contributed by atoms with Crippen LogP contribution in [0.25, 0.3) is 0 Å². The van der Waals surface area contributed by atoms with Crippen LogP contribution in [0.3, 0.4) is 0 Å². The third kappa shape index (κ3) is 8.98. The fourth-order valence-corrected chi connectivity index (χ4v) is 7.82. The van der Waals surface area contributed by atoms with Crippen molar-refractivity contribution in [3.63, 3.8) is 0 Å². The molecular weight excluding hydrogens is 641 g/mol. The number of ether oxygens (including phenoxy) is 4. The molecule has 49 heavy (non-hydrogen) atoms. The lowest BCUT2D eigenvalue weighted by molar-refractivity contribution is -0.136. The van der Waals surface area contributed by atoms with Crippen molar-refractivity contribution in [1.82, 2.24) is 9.57 Å². The summed E-state index contributed by atoms with van der Waals surface area (Å²) in [6, 6.07) is 27.8. The summed E-state index contributed by atoms with van der Waals surface area (Å²) in [5.41, 5.74) is 1.50. The van der Waals surface area contributed by atoms with Crippen LogP contribution in [0.2, 0.25) is 0 Å². The molecule has 1 amide bonds. The maximum absolute atomic E-state index is 12.9. The molecule has 4 atom stereocenters. The third-order valence-corrected chi connectivity index (χ3v) is 10.8. The second-order valence-corrected chi connectivity index (χ2v) is 14.0. The van der Waals surface area contributed by atoms with Crippen molar-refractivity contribution in [1.29, 1.82) is 5.26 Å². The summed E-state index contributed by atoms with van der Waals surface area (Å²) < 4.78 is 40.0. The van der Waals surface area contributed by atoms with Crippen LogP contribution >= 0.6 is 8.53 Å². The van der Waals surface area contributed by atoms with Crippen molar-refractivity contribution >= 4 is 14.4 Å². The van der Waals surface area contributed by atoms with Gasteiger partial charge in [-0.3, -0.25) is 4.79 Å². The summed E-state index contributed by atoms with van der Waals surface area (Å²) in [7, 11) is 3.53. The van der Waals surface area contributed by atoms with Crippen LogP contribution < -0.4 is 9.47 Å². The normalized spacial score (nSPS) is 18.4. The number of methoxy groups -OCH3 is 2. The van der Waals surface area contributed by atoms with Gasteiger partial charge in [0, 0.05) is 26.1 Å². The molecule has 3 aromatic rings. The minimum absolute atomic E-state index is 0.101. The van der Waals surface area contributed by atoms with E-state index < -0.39 is 32.4 Å². The van der Waals surface area contributed by atoms with Gasteiger partial charge in [0.25, 0.3) is 8.53 Å². The minimum atomic E-state index is -1.53. The standard InChI is InChI=1S/C38H50N3O7P/c1-27(2)41(28(3)4)49(46-24-12-23-39)47-26-36-37(35(25-45-36)40(6)29(5)42)48-38(30-13-10-9-11-14-30,31-15-19-33(43-7)20-16-31)32-17-21-34(44-8)22-18-32/h9-11,13-22,27-28,35-37H,12,24-26H2,1-8H3/t35-,36-,37-,49?/m1/s1. The molecule has 1 fully saturated rings. The van der Waals surface area contributed by atoms with E-state index in [1.165, 1.54) is 0 Å². The molecule has 0 spiro atoms. The molecule has 10 nitrogen and oxygen atoms in total. The molecule has 0 radical (unpaired) electrons. The highest BCUT2D eigenvalue weighted by molar-refractivity contribution is 7.44. The molecule has 0 N–H and O–H groups in total. The summed E-state index contributed by atoms with van der Waals surface area (Å²) in [5, 5.41) is 9.19. The highest BCUT2D eigenvalue weighted by atomic mass is 31.2. The van der Waals surface area contributed by atoms with E-state index in [1.54, 1.807) is 33.1 Å². The number of benzene rings is 3. The van der Waals surface area contributed by atoms with Crippen molar-refractivity contribution < 1.29 is 32.8 Å². The average molecular weight is 692 g/mol. The topological polar surface area (TPSA) is 103 Å². The summed E-state index contributed by atoms with van der Waals surface area (Å²) in [6.07, 6.45) is -0.926. The van der Waals surface area contributed by atoms with Gasteiger partial charge in [0.15, 0.2) is 0 Å². The van der Waals surface area contributed by atoms with Crippen molar-refractivity contribution in [2.45, 2.75) is 77.0 Å². The van der Waals surface area contributed by atoms with E-state index >= 15 is 0 Å². The second kappa shape index (κ2) is 17.9. The van der Waals surface area contributed by atoms with E-state index in [4.69, 9.17) is 28.0 Å². The van der Waals surface area contributed by atoms with Crippen LogP contribution in [-0.4, -0.2) is 86.9 Å². The highest BCUT2D eigenvalue weighted by Gasteiger charge is 2.49.